The van der Waals surface area contributed by atoms with Gasteiger partial charge in [0.1, 0.15) is 0 Å². The quantitative estimate of drug-likeness (QED) is 0.481. The predicted molar refractivity (Wildman–Crippen MR) is 126 cm³/mol. The molecule has 0 radical (unpaired) electrons. The van der Waals surface area contributed by atoms with Gasteiger partial charge in [-0.1, -0.05) is 44.2 Å². The minimum atomic E-state index is -0.0722. The summed E-state index contributed by atoms with van der Waals surface area (Å²) in [5.74, 6) is -0.0722. The molecule has 5 heteroatoms. The smallest absolute Gasteiger partial charge is 0.268 e. The highest BCUT2D eigenvalue weighted by atomic mass is 32.2. The number of nitrogens with zero attached hydrogens (tertiary/aromatic N) is 3. The van der Waals surface area contributed by atoms with Gasteiger partial charge in [0.2, 0.25) is 0 Å². The number of rotatable bonds is 5. The van der Waals surface area contributed by atoms with Crippen LogP contribution >= 0.6 is 11.8 Å². The lowest BCUT2D eigenvalue weighted by atomic mass is 10.1. The Kier molecular flexibility index (Phi) is 6.10. The van der Waals surface area contributed by atoms with Crippen LogP contribution in [0.3, 0.4) is 0 Å². The van der Waals surface area contributed by atoms with Crippen LogP contribution < -0.4 is 4.90 Å². The maximum Gasteiger partial charge on any atom is 0.271 e. The number of carbonyl (C=O) groups excluding carboxylic acids is 1. The standard InChI is InChI=1S/C25H23N3OS/c1-3-18-7-11-21(12-8-18)27-25-28(22-13-9-19(4-2)10-14-22)24(29)23(30-25)16-20-6-5-15-26-17-20/h5-17H,3-4H2,1-2H3/b23-16-,27-25?. The van der Waals surface area contributed by atoms with E-state index in [-0.39, 0.29) is 5.91 Å². The van der Waals surface area contributed by atoms with Gasteiger partial charge in [-0.2, -0.15) is 0 Å². The van der Waals surface area contributed by atoms with E-state index in [0.29, 0.717) is 10.1 Å². The average Bonchev–Trinajstić information content (AvgIpc) is 3.09. The Labute approximate surface area is 181 Å². The summed E-state index contributed by atoms with van der Waals surface area (Å²) in [5, 5.41) is 0.656. The van der Waals surface area contributed by atoms with Crippen molar-refractivity contribution in [3.63, 3.8) is 0 Å². The third-order valence-corrected chi connectivity index (χ3v) is 5.93. The molecule has 0 bridgehead atoms. The van der Waals surface area contributed by atoms with Gasteiger partial charge < -0.3 is 0 Å². The summed E-state index contributed by atoms with van der Waals surface area (Å²) in [4.78, 5) is 24.6. The van der Waals surface area contributed by atoms with Gasteiger partial charge >= 0.3 is 0 Å². The van der Waals surface area contributed by atoms with Crippen LogP contribution in [-0.2, 0) is 17.6 Å². The summed E-state index contributed by atoms with van der Waals surface area (Å²) in [5.41, 5.74) is 5.04. The Morgan fingerprint density at radius 2 is 1.63 bits per heavy atom. The number of aryl methyl sites for hydroxylation is 2. The molecular formula is C25H23N3OS. The third-order valence-electron chi connectivity index (χ3n) is 4.96. The van der Waals surface area contributed by atoms with Crippen molar-refractivity contribution in [2.45, 2.75) is 26.7 Å². The van der Waals surface area contributed by atoms with E-state index < -0.39 is 0 Å². The first-order valence-electron chi connectivity index (χ1n) is 10.1. The Morgan fingerprint density at radius 1 is 0.967 bits per heavy atom. The van der Waals surface area contributed by atoms with Gasteiger partial charge in [0.15, 0.2) is 5.17 Å². The molecule has 0 aliphatic carbocycles. The van der Waals surface area contributed by atoms with E-state index in [4.69, 9.17) is 4.99 Å². The highest BCUT2D eigenvalue weighted by Gasteiger charge is 2.34. The minimum absolute atomic E-state index is 0.0722. The zero-order valence-electron chi connectivity index (χ0n) is 17.1. The van der Waals surface area contributed by atoms with Crippen molar-refractivity contribution >= 4 is 40.3 Å². The van der Waals surface area contributed by atoms with Crippen LogP contribution in [0.1, 0.15) is 30.5 Å². The fourth-order valence-electron chi connectivity index (χ4n) is 3.19. The topological polar surface area (TPSA) is 45.6 Å². The molecule has 0 saturated carbocycles. The zero-order valence-corrected chi connectivity index (χ0v) is 17.9. The zero-order chi connectivity index (χ0) is 20.9. The number of thioether (sulfide) groups is 1. The Hall–Kier alpha value is -3.18. The van der Waals surface area contributed by atoms with Crippen molar-refractivity contribution in [1.29, 1.82) is 0 Å². The lowest BCUT2D eigenvalue weighted by molar-refractivity contribution is -0.113. The van der Waals surface area contributed by atoms with Crippen molar-refractivity contribution in [3.05, 3.63) is 94.7 Å². The van der Waals surface area contributed by atoms with Crippen LogP contribution in [0.4, 0.5) is 11.4 Å². The summed E-state index contributed by atoms with van der Waals surface area (Å²) in [6, 6.07) is 20.0. The van der Waals surface area contributed by atoms with E-state index in [9.17, 15) is 4.79 Å². The average molecular weight is 414 g/mol. The molecule has 1 aliphatic heterocycles. The third kappa shape index (κ3) is 4.36. The second-order valence-electron chi connectivity index (χ2n) is 6.97. The first-order chi connectivity index (χ1) is 14.7. The number of benzene rings is 2. The molecule has 1 amide bonds. The van der Waals surface area contributed by atoms with Gasteiger partial charge in [-0.25, -0.2) is 4.99 Å². The van der Waals surface area contributed by atoms with Crippen LogP contribution in [0.5, 0.6) is 0 Å². The maximum atomic E-state index is 13.3. The SMILES string of the molecule is CCc1ccc(N=C2S/C(=C\c3cccnc3)C(=O)N2c2ccc(CC)cc2)cc1. The molecule has 1 fully saturated rings. The van der Waals surface area contributed by atoms with Crippen LogP contribution in [0.2, 0.25) is 0 Å². The normalized spacial score (nSPS) is 16.6. The summed E-state index contributed by atoms with van der Waals surface area (Å²) in [6.07, 6.45) is 7.29. The van der Waals surface area contributed by atoms with E-state index in [1.807, 2.05) is 42.5 Å². The van der Waals surface area contributed by atoms with Crippen LogP contribution in [0.15, 0.2) is 83.0 Å². The van der Waals surface area contributed by atoms with Gasteiger partial charge in [0.25, 0.3) is 5.91 Å². The van der Waals surface area contributed by atoms with Gasteiger partial charge in [0.05, 0.1) is 16.3 Å². The number of hydrogen-bond acceptors (Lipinski definition) is 4. The fraction of sp³-hybridized carbons (Fsp3) is 0.160. The monoisotopic (exact) mass is 413 g/mol. The molecule has 0 atom stereocenters. The van der Waals surface area contributed by atoms with Crippen molar-refractivity contribution in [1.82, 2.24) is 4.98 Å². The van der Waals surface area contributed by atoms with E-state index in [2.05, 4.69) is 43.1 Å². The largest absolute Gasteiger partial charge is 0.271 e. The molecule has 4 nitrogen and oxygen atoms in total. The molecule has 3 aromatic rings. The fourth-order valence-corrected chi connectivity index (χ4v) is 4.19. The van der Waals surface area contributed by atoms with Gasteiger partial charge in [0, 0.05) is 12.4 Å². The highest BCUT2D eigenvalue weighted by Crippen LogP contribution is 2.37. The first-order valence-corrected chi connectivity index (χ1v) is 10.9. The van der Waals surface area contributed by atoms with Crippen molar-refractivity contribution in [2.75, 3.05) is 4.90 Å². The summed E-state index contributed by atoms with van der Waals surface area (Å²) >= 11 is 1.39. The number of carbonyl (C=O) groups is 1. The van der Waals surface area contributed by atoms with E-state index in [1.165, 1.54) is 22.9 Å². The Morgan fingerprint density at radius 3 is 2.23 bits per heavy atom. The number of anilines is 1. The van der Waals surface area contributed by atoms with Crippen LogP contribution in [0.25, 0.3) is 6.08 Å². The number of pyridine rings is 1. The molecule has 150 valence electrons. The second kappa shape index (κ2) is 9.09. The Bertz CT molecular complexity index is 1090. The molecule has 1 aliphatic rings. The molecular weight excluding hydrogens is 390 g/mol. The molecule has 4 rings (SSSR count). The van der Waals surface area contributed by atoms with E-state index in [0.717, 1.165) is 29.8 Å². The summed E-state index contributed by atoms with van der Waals surface area (Å²) < 4.78 is 0. The Balaban J connectivity index is 1.74. The van der Waals surface area contributed by atoms with Crippen molar-refractivity contribution < 1.29 is 4.79 Å². The minimum Gasteiger partial charge on any atom is -0.268 e. The molecule has 0 spiro atoms. The maximum absolute atomic E-state index is 13.3. The van der Waals surface area contributed by atoms with Crippen LogP contribution in [0, 0.1) is 0 Å². The highest BCUT2D eigenvalue weighted by molar-refractivity contribution is 8.19. The van der Waals surface area contributed by atoms with E-state index in [1.54, 1.807) is 17.3 Å². The van der Waals surface area contributed by atoms with E-state index >= 15 is 0 Å². The number of hydrogen-bond donors (Lipinski definition) is 0. The second-order valence-corrected chi connectivity index (χ2v) is 7.98. The molecule has 30 heavy (non-hydrogen) atoms. The van der Waals surface area contributed by atoms with Crippen molar-refractivity contribution in [3.8, 4) is 0 Å². The molecule has 2 aromatic carbocycles. The summed E-state index contributed by atoms with van der Waals surface area (Å²) in [7, 11) is 0. The van der Waals surface area contributed by atoms with Crippen molar-refractivity contribution in [2.24, 2.45) is 4.99 Å². The lowest BCUT2D eigenvalue weighted by Crippen LogP contribution is -2.28. The molecule has 0 unspecified atom stereocenters. The first kappa shape index (κ1) is 20.1. The molecule has 0 N–H and O–H groups in total. The predicted octanol–water partition coefficient (Wildman–Crippen LogP) is 6.02. The number of aromatic nitrogens is 1. The molecule has 2 heterocycles. The van der Waals surface area contributed by atoms with Gasteiger partial charge in [-0.15, -0.1) is 0 Å². The summed E-state index contributed by atoms with van der Waals surface area (Å²) in [6.45, 7) is 4.25. The van der Waals surface area contributed by atoms with Gasteiger partial charge in [-0.3, -0.25) is 14.7 Å². The molecule has 1 aromatic heterocycles. The van der Waals surface area contributed by atoms with Crippen LogP contribution in [-0.4, -0.2) is 16.1 Å². The van der Waals surface area contributed by atoms with Gasteiger partial charge in [-0.05, 0) is 77.7 Å². The number of aliphatic imine (C=N–C) groups is 1. The number of amides is 1. The lowest BCUT2D eigenvalue weighted by Gasteiger charge is -2.16. The molecule has 1 saturated heterocycles. The number of amidine groups is 1.